The Hall–Kier alpha value is -1.42. The second-order valence-corrected chi connectivity index (χ2v) is 8.47. The molecule has 4 unspecified atom stereocenters. The van der Waals surface area contributed by atoms with Crippen molar-refractivity contribution in [1.29, 1.82) is 0 Å². The third-order valence-electron chi connectivity index (χ3n) is 3.38. The first-order valence-electron chi connectivity index (χ1n) is 6.90. The van der Waals surface area contributed by atoms with Gasteiger partial charge in [-0.05, 0) is 0 Å². The van der Waals surface area contributed by atoms with E-state index in [4.69, 9.17) is 20.4 Å². The first-order chi connectivity index (χ1) is 11.6. The predicted octanol–water partition coefficient (Wildman–Crippen LogP) is -6.72. The van der Waals surface area contributed by atoms with Crippen molar-refractivity contribution in [2.24, 2.45) is 0 Å². The van der Waals surface area contributed by atoms with Crippen LogP contribution in [0.2, 0.25) is 0 Å². The van der Waals surface area contributed by atoms with E-state index in [-0.39, 0.29) is 0 Å². The maximum Gasteiger partial charge on any atom is 0.361 e. The topological polar surface area (TPSA) is 230 Å². The quantitative estimate of drug-likeness (QED) is 0.147. The average Bonchev–Trinajstić information content (AvgIpc) is 2.64. The van der Waals surface area contributed by atoms with Crippen LogP contribution in [0.1, 0.15) is 0 Å². The van der Waals surface area contributed by atoms with E-state index in [0.29, 0.717) is 0 Å². The van der Waals surface area contributed by atoms with Gasteiger partial charge in [0.25, 0.3) is 0 Å². The molecule has 0 aromatic carbocycles. The highest BCUT2D eigenvalue weighted by molar-refractivity contribution is 7.54. The highest BCUT2D eigenvalue weighted by atomic mass is 28.3. The number of rotatable bonds is 12. The number of hydrogen-bond donors (Lipinski definition) is 8. The first-order valence-corrected chi connectivity index (χ1v) is 8.90. The van der Waals surface area contributed by atoms with Gasteiger partial charge in [0.05, 0.1) is 26.4 Å². The lowest BCUT2D eigenvalue weighted by Gasteiger charge is -2.30. The van der Waals surface area contributed by atoms with Crippen LogP contribution in [0.5, 0.6) is 0 Å². The van der Waals surface area contributed by atoms with Gasteiger partial charge in [0.15, 0.2) is 21.6 Å². The summed E-state index contributed by atoms with van der Waals surface area (Å²) in [5, 5.41) is 66.1. The Kier molecular flexibility index (Phi) is 9.34. The van der Waals surface area contributed by atoms with Gasteiger partial charge in [-0.3, -0.25) is 0 Å². The molecule has 0 aliphatic rings. The highest BCUT2D eigenvalue weighted by Crippen LogP contribution is 2.19. The second-order valence-electron chi connectivity index (χ2n) is 5.00. The van der Waals surface area contributed by atoms with Crippen LogP contribution in [0.25, 0.3) is 0 Å². The zero-order valence-corrected chi connectivity index (χ0v) is 13.8. The van der Waals surface area contributed by atoms with Crippen LogP contribution < -0.4 is 0 Å². The van der Waals surface area contributed by atoms with E-state index >= 15 is 0 Å². The van der Waals surface area contributed by atoms with Crippen LogP contribution in [0.15, 0.2) is 0 Å². The van der Waals surface area contributed by atoms with E-state index in [9.17, 15) is 39.6 Å². The van der Waals surface area contributed by atoms with Gasteiger partial charge in [0.1, 0.15) is 24.4 Å². The van der Waals surface area contributed by atoms with Crippen molar-refractivity contribution in [3.05, 3.63) is 0 Å². The molecule has 0 saturated heterocycles. The summed E-state index contributed by atoms with van der Waals surface area (Å²) in [7, 11) is -5.74. The maximum atomic E-state index is 12.4. The Morgan fingerprint density at radius 2 is 0.680 bits per heavy atom. The van der Waals surface area contributed by atoms with E-state index in [1.165, 1.54) is 0 Å². The second kappa shape index (κ2) is 9.90. The normalized spacial score (nSPS) is 18.6. The molecular formula is C12H20O12Si. The number of hydrogen-bond acceptors (Lipinski definition) is 12. The Morgan fingerprint density at radius 3 is 0.800 bits per heavy atom. The summed E-state index contributed by atoms with van der Waals surface area (Å²) in [5.41, 5.74) is 0. The third-order valence-corrected chi connectivity index (χ3v) is 7.67. The Morgan fingerprint density at radius 1 is 0.520 bits per heavy atom. The lowest BCUT2D eigenvalue weighted by atomic mass is 10.4. The number of carbonyl (C=O) groups is 4. The van der Waals surface area contributed by atoms with Gasteiger partial charge >= 0.3 is 8.07 Å². The molecule has 0 aromatic heterocycles. The molecule has 0 heterocycles. The van der Waals surface area contributed by atoms with E-state index in [1.807, 2.05) is 0 Å². The predicted molar refractivity (Wildman–Crippen MR) is 78.2 cm³/mol. The zero-order valence-electron chi connectivity index (χ0n) is 12.8. The van der Waals surface area contributed by atoms with Gasteiger partial charge in [0.2, 0.25) is 0 Å². The Bertz CT molecular complexity index is 427. The molecule has 0 fully saturated rings. The lowest BCUT2D eigenvalue weighted by Crippen LogP contribution is -2.75. The Balaban J connectivity index is 6.72. The number of aliphatic hydroxyl groups excluding tert-OH is 8. The molecule has 0 saturated carbocycles. The molecule has 4 atom stereocenters. The van der Waals surface area contributed by atoms with Crippen molar-refractivity contribution in [2.45, 2.75) is 24.4 Å². The fourth-order valence-electron chi connectivity index (χ4n) is 2.06. The SMILES string of the molecule is O=C(C(O)CO)[Si](C(=O)C(O)CO)(C(=O)C(O)CO)C(=O)C(O)CO. The fraction of sp³-hybridized carbons (Fsp3) is 0.667. The van der Waals surface area contributed by atoms with E-state index in [0.717, 1.165) is 0 Å². The van der Waals surface area contributed by atoms with Crippen LogP contribution in [-0.4, -0.2) is 121 Å². The average molecular weight is 384 g/mol. The summed E-state index contributed by atoms with van der Waals surface area (Å²) in [6.45, 7) is -5.38. The van der Waals surface area contributed by atoms with Crippen LogP contribution in [0.3, 0.4) is 0 Å². The van der Waals surface area contributed by atoms with Gasteiger partial charge < -0.3 is 60.0 Å². The molecule has 0 aromatic rings. The molecule has 0 aliphatic carbocycles. The molecule has 25 heavy (non-hydrogen) atoms. The van der Waals surface area contributed by atoms with Gasteiger partial charge in [-0.1, -0.05) is 0 Å². The molecule has 144 valence electrons. The molecule has 0 radical (unpaired) electrons. The van der Waals surface area contributed by atoms with Gasteiger partial charge in [0, 0.05) is 0 Å². The molecule has 0 bridgehead atoms. The summed E-state index contributed by atoms with van der Waals surface area (Å²) >= 11 is 0. The lowest BCUT2D eigenvalue weighted by molar-refractivity contribution is -0.134. The molecule has 13 heteroatoms. The first kappa shape index (κ1) is 23.6. The van der Waals surface area contributed by atoms with Crippen molar-refractivity contribution in [1.82, 2.24) is 0 Å². The molecular weight excluding hydrogens is 364 g/mol. The van der Waals surface area contributed by atoms with Crippen LogP contribution in [0.4, 0.5) is 0 Å². The largest absolute Gasteiger partial charge is 0.393 e. The minimum atomic E-state index is -5.74. The summed E-state index contributed by atoms with van der Waals surface area (Å²) in [6.07, 6.45) is -9.87. The fourth-order valence-corrected chi connectivity index (χ4v) is 5.88. The molecule has 0 amide bonds. The minimum absolute atomic E-state index is 1.35. The standard InChI is InChI=1S/C12H20O12Si/c13-1-5(17)9(21)25(10(22)6(18)2-14,11(23)7(19)3-15)12(24)8(20)4-16/h5-8,13-20H,1-4H2. The third kappa shape index (κ3) is 4.41. The van der Waals surface area contributed by atoms with E-state index < -0.39 is 80.5 Å². The summed E-state index contributed by atoms with van der Waals surface area (Å²) in [6, 6.07) is 0. The number of aliphatic hydroxyl groups is 8. The van der Waals surface area contributed by atoms with Gasteiger partial charge in [-0.25, -0.2) is 0 Å². The smallest absolute Gasteiger partial charge is 0.361 e. The van der Waals surface area contributed by atoms with E-state index in [2.05, 4.69) is 0 Å². The van der Waals surface area contributed by atoms with E-state index in [1.54, 1.807) is 0 Å². The monoisotopic (exact) mass is 384 g/mol. The van der Waals surface area contributed by atoms with Crippen LogP contribution in [-0.2, 0) is 19.2 Å². The van der Waals surface area contributed by atoms with Crippen molar-refractivity contribution in [3.8, 4) is 0 Å². The van der Waals surface area contributed by atoms with Crippen molar-refractivity contribution in [2.75, 3.05) is 26.4 Å². The Labute approximate surface area is 141 Å². The van der Waals surface area contributed by atoms with Crippen molar-refractivity contribution >= 4 is 29.7 Å². The number of carbonyl (C=O) groups excluding carboxylic acids is 4. The summed E-state index contributed by atoms with van der Waals surface area (Å²) in [4.78, 5) is 49.6. The zero-order chi connectivity index (χ0) is 19.9. The van der Waals surface area contributed by atoms with Crippen molar-refractivity contribution in [3.63, 3.8) is 0 Å². The maximum absolute atomic E-state index is 12.4. The summed E-state index contributed by atoms with van der Waals surface area (Å²) < 4.78 is 0. The molecule has 0 aliphatic heterocycles. The van der Waals surface area contributed by atoms with Crippen LogP contribution in [0, 0.1) is 0 Å². The van der Waals surface area contributed by atoms with Gasteiger partial charge in [-0.15, -0.1) is 0 Å². The minimum Gasteiger partial charge on any atom is -0.393 e. The molecule has 0 rings (SSSR count). The van der Waals surface area contributed by atoms with Gasteiger partial charge in [-0.2, -0.15) is 0 Å². The molecule has 8 N–H and O–H groups in total. The van der Waals surface area contributed by atoms with Crippen molar-refractivity contribution < 1.29 is 60.0 Å². The molecule has 0 spiro atoms. The highest BCUT2D eigenvalue weighted by Gasteiger charge is 2.66. The van der Waals surface area contributed by atoms with Crippen LogP contribution >= 0.6 is 0 Å². The molecule has 12 nitrogen and oxygen atoms in total. The summed E-state index contributed by atoms with van der Waals surface area (Å²) in [5.74, 6) is 0.